The Balaban J connectivity index is 1.92. The van der Waals surface area contributed by atoms with E-state index in [9.17, 15) is 22.8 Å². The molecule has 8 heteroatoms. The summed E-state index contributed by atoms with van der Waals surface area (Å²) in [7, 11) is 0. The molecule has 5 nitrogen and oxygen atoms in total. The molecule has 1 aliphatic heterocycles. The van der Waals surface area contributed by atoms with Crippen LogP contribution in [0.25, 0.3) is 10.9 Å². The maximum atomic E-state index is 13.7. The molecule has 1 amide bonds. The van der Waals surface area contributed by atoms with Crippen LogP contribution in [0.4, 0.5) is 13.2 Å². The molecule has 1 N–H and O–H groups in total. The number of pyridine rings is 1. The fourth-order valence-corrected chi connectivity index (χ4v) is 3.59. The van der Waals surface area contributed by atoms with Gasteiger partial charge in [0.15, 0.2) is 0 Å². The Morgan fingerprint density at radius 2 is 2.00 bits per heavy atom. The number of benzene rings is 1. The van der Waals surface area contributed by atoms with Crippen LogP contribution in [0.5, 0.6) is 0 Å². The second kappa shape index (κ2) is 7.54. The van der Waals surface area contributed by atoms with Gasteiger partial charge in [0, 0.05) is 31.1 Å². The number of carboxylic acids is 1. The molecule has 1 aliphatic rings. The van der Waals surface area contributed by atoms with Crippen molar-refractivity contribution >= 4 is 22.8 Å². The Kier molecular flexibility index (Phi) is 5.34. The van der Waals surface area contributed by atoms with Crippen molar-refractivity contribution in [3.05, 3.63) is 41.6 Å². The standard InChI is InChI=1S/C19H19F3N2O3/c20-19(21,22)17-13-5-1-2-6-15(13)23-10-14(17)18(27)24-9-3-4-12(11-24)7-8-16(25)26/h1-2,5-6,10,12H,3-4,7-9,11H2,(H,25,26). The van der Waals surface area contributed by atoms with Gasteiger partial charge in [-0.2, -0.15) is 13.2 Å². The Morgan fingerprint density at radius 3 is 2.70 bits per heavy atom. The summed E-state index contributed by atoms with van der Waals surface area (Å²) in [5.74, 6) is -1.65. The van der Waals surface area contributed by atoms with Gasteiger partial charge in [-0.05, 0) is 31.2 Å². The molecule has 3 rings (SSSR count). The Bertz CT molecular complexity index is 867. The first-order valence-electron chi connectivity index (χ1n) is 8.73. The van der Waals surface area contributed by atoms with Gasteiger partial charge >= 0.3 is 12.1 Å². The summed E-state index contributed by atoms with van der Waals surface area (Å²) >= 11 is 0. The first-order chi connectivity index (χ1) is 12.8. The molecule has 27 heavy (non-hydrogen) atoms. The zero-order valence-corrected chi connectivity index (χ0v) is 14.5. The number of carbonyl (C=O) groups excluding carboxylic acids is 1. The minimum absolute atomic E-state index is 0.0158. The van der Waals surface area contributed by atoms with Gasteiger partial charge in [-0.1, -0.05) is 18.2 Å². The topological polar surface area (TPSA) is 70.5 Å². The summed E-state index contributed by atoms with van der Waals surface area (Å²) in [6, 6.07) is 5.86. The molecule has 1 aromatic heterocycles. The third-order valence-corrected chi connectivity index (χ3v) is 4.86. The highest BCUT2D eigenvalue weighted by molar-refractivity contribution is 6.00. The zero-order valence-electron chi connectivity index (χ0n) is 14.5. The SMILES string of the molecule is O=C(O)CCC1CCCN(C(=O)c2cnc3ccccc3c2C(F)(F)F)C1. The van der Waals surface area contributed by atoms with Crippen LogP contribution in [0, 0.1) is 5.92 Å². The molecule has 1 saturated heterocycles. The zero-order chi connectivity index (χ0) is 19.6. The molecule has 0 bridgehead atoms. The highest BCUT2D eigenvalue weighted by Gasteiger charge is 2.39. The molecule has 1 aromatic carbocycles. The molecule has 0 spiro atoms. The van der Waals surface area contributed by atoms with E-state index in [1.54, 1.807) is 6.07 Å². The molecule has 0 radical (unpaired) electrons. The van der Waals surface area contributed by atoms with E-state index in [1.807, 2.05) is 0 Å². The van der Waals surface area contributed by atoms with Gasteiger partial charge in [-0.3, -0.25) is 14.6 Å². The number of halogens is 3. The smallest absolute Gasteiger partial charge is 0.417 e. The third-order valence-electron chi connectivity index (χ3n) is 4.86. The van der Waals surface area contributed by atoms with Crippen LogP contribution in [0.3, 0.4) is 0 Å². The predicted molar refractivity (Wildman–Crippen MR) is 92.2 cm³/mol. The van der Waals surface area contributed by atoms with E-state index in [0.717, 1.165) is 12.6 Å². The molecule has 1 atom stereocenters. The molecule has 2 heterocycles. The van der Waals surface area contributed by atoms with E-state index >= 15 is 0 Å². The van der Waals surface area contributed by atoms with Crippen LogP contribution in [0.15, 0.2) is 30.5 Å². The van der Waals surface area contributed by atoms with Crippen molar-refractivity contribution in [1.29, 1.82) is 0 Å². The highest BCUT2D eigenvalue weighted by Crippen LogP contribution is 2.37. The van der Waals surface area contributed by atoms with Crippen molar-refractivity contribution in [3.63, 3.8) is 0 Å². The maximum Gasteiger partial charge on any atom is 0.417 e. The Morgan fingerprint density at radius 1 is 1.26 bits per heavy atom. The number of likely N-dealkylation sites (tertiary alicyclic amines) is 1. The predicted octanol–water partition coefficient (Wildman–Crippen LogP) is 3.97. The van der Waals surface area contributed by atoms with Crippen LogP contribution in [-0.2, 0) is 11.0 Å². The monoisotopic (exact) mass is 380 g/mol. The maximum absolute atomic E-state index is 13.7. The minimum Gasteiger partial charge on any atom is -0.481 e. The lowest BCUT2D eigenvalue weighted by atomic mass is 9.92. The van der Waals surface area contributed by atoms with Crippen molar-refractivity contribution in [2.45, 2.75) is 31.9 Å². The number of para-hydroxylation sites is 1. The molecule has 2 aromatic rings. The van der Waals surface area contributed by atoms with Crippen LogP contribution in [0.2, 0.25) is 0 Å². The van der Waals surface area contributed by atoms with Gasteiger partial charge in [-0.25, -0.2) is 0 Å². The number of hydrogen-bond donors (Lipinski definition) is 1. The lowest BCUT2D eigenvalue weighted by molar-refractivity contribution is -0.138. The van der Waals surface area contributed by atoms with Gasteiger partial charge in [0.1, 0.15) is 0 Å². The molecular weight excluding hydrogens is 361 g/mol. The van der Waals surface area contributed by atoms with Gasteiger partial charge in [0.25, 0.3) is 5.91 Å². The van der Waals surface area contributed by atoms with Crippen LogP contribution < -0.4 is 0 Å². The van der Waals surface area contributed by atoms with E-state index in [0.29, 0.717) is 19.4 Å². The number of amides is 1. The number of fused-ring (bicyclic) bond motifs is 1. The lowest BCUT2D eigenvalue weighted by Crippen LogP contribution is -2.40. The molecule has 1 fully saturated rings. The molecular formula is C19H19F3N2O3. The van der Waals surface area contributed by atoms with Crippen molar-refractivity contribution < 1.29 is 27.9 Å². The number of rotatable bonds is 4. The first-order valence-corrected chi connectivity index (χ1v) is 8.73. The van der Waals surface area contributed by atoms with Crippen LogP contribution in [0.1, 0.15) is 41.6 Å². The van der Waals surface area contributed by atoms with E-state index in [2.05, 4.69) is 4.98 Å². The number of piperidine rings is 1. The molecule has 144 valence electrons. The average Bonchev–Trinajstić information content (AvgIpc) is 2.64. The first kappa shape index (κ1) is 19.1. The summed E-state index contributed by atoms with van der Waals surface area (Å²) < 4.78 is 41.2. The Hall–Kier alpha value is -2.64. The normalized spacial score (nSPS) is 17.9. The second-order valence-electron chi connectivity index (χ2n) is 6.75. The average molecular weight is 380 g/mol. The summed E-state index contributed by atoms with van der Waals surface area (Å²) in [4.78, 5) is 29.0. The number of hydrogen-bond acceptors (Lipinski definition) is 3. The fourth-order valence-electron chi connectivity index (χ4n) is 3.59. The molecule has 0 saturated carbocycles. The fraction of sp³-hybridized carbons (Fsp3) is 0.421. The summed E-state index contributed by atoms with van der Waals surface area (Å²) in [5.41, 5.74) is -1.25. The number of alkyl halides is 3. The van der Waals surface area contributed by atoms with Crippen LogP contribution >= 0.6 is 0 Å². The largest absolute Gasteiger partial charge is 0.481 e. The molecule has 0 aliphatic carbocycles. The second-order valence-corrected chi connectivity index (χ2v) is 6.75. The number of carboxylic acid groups (broad SMARTS) is 1. The quantitative estimate of drug-likeness (QED) is 0.871. The Labute approximate surface area is 153 Å². The number of aromatic nitrogens is 1. The summed E-state index contributed by atoms with van der Waals surface area (Å²) in [5, 5.41) is 8.71. The number of nitrogens with zero attached hydrogens (tertiary/aromatic N) is 2. The van der Waals surface area contributed by atoms with E-state index < -0.39 is 29.2 Å². The summed E-state index contributed by atoms with van der Waals surface area (Å²) in [6.45, 7) is 0.614. The van der Waals surface area contributed by atoms with E-state index in [1.165, 1.54) is 23.1 Å². The van der Waals surface area contributed by atoms with Crippen LogP contribution in [-0.4, -0.2) is 40.0 Å². The molecule has 1 unspecified atom stereocenters. The van der Waals surface area contributed by atoms with Gasteiger partial charge in [-0.15, -0.1) is 0 Å². The van der Waals surface area contributed by atoms with Crippen molar-refractivity contribution in [3.8, 4) is 0 Å². The number of aliphatic carboxylic acids is 1. The van der Waals surface area contributed by atoms with Crippen molar-refractivity contribution in [1.82, 2.24) is 9.88 Å². The van der Waals surface area contributed by atoms with Crippen molar-refractivity contribution in [2.24, 2.45) is 5.92 Å². The summed E-state index contributed by atoms with van der Waals surface area (Å²) in [6.07, 6.45) is -1.91. The van der Waals surface area contributed by atoms with E-state index in [4.69, 9.17) is 5.11 Å². The highest BCUT2D eigenvalue weighted by atomic mass is 19.4. The van der Waals surface area contributed by atoms with E-state index in [-0.39, 0.29) is 29.8 Å². The van der Waals surface area contributed by atoms with Gasteiger partial charge in [0.05, 0.1) is 16.6 Å². The van der Waals surface area contributed by atoms with Gasteiger partial charge < -0.3 is 10.0 Å². The van der Waals surface area contributed by atoms with Gasteiger partial charge in [0.2, 0.25) is 0 Å². The number of carbonyl (C=O) groups is 2. The van der Waals surface area contributed by atoms with Crippen molar-refractivity contribution in [2.75, 3.05) is 13.1 Å². The minimum atomic E-state index is -4.69. The third kappa shape index (κ3) is 4.20. The lowest BCUT2D eigenvalue weighted by Gasteiger charge is -2.33.